The lowest BCUT2D eigenvalue weighted by molar-refractivity contribution is -0.146. The quantitative estimate of drug-likeness (QED) is 0.665. The number of rotatable bonds is 6. The van der Waals surface area contributed by atoms with Gasteiger partial charge in [-0.25, -0.2) is 0 Å². The topological polar surface area (TPSA) is 95.5 Å². The Kier molecular flexibility index (Phi) is 5.32. The van der Waals surface area contributed by atoms with Crippen molar-refractivity contribution in [3.8, 4) is 0 Å². The first-order valence-electron chi connectivity index (χ1n) is 8.72. The number of amides is 2. The number of carboxylic acid groups (broad SMARTS) is 1. The number of carbonyl (C=O) groups is 3. The molecule has 0 heterocycles. The van der Waals surface area contributed by atoms with Crippen molar-refractivity contribution in [1.29, 1.82) is 0 Å². The molecule has 3 N–H and O–H groups in total. The van der Waals surface area contributed by atoms with Crippen molar-refractivity contribution >= 4 is 35.1 Å². The lowest BCUT2D eigenvalue weighted by Gasteiger charge is -2.24. The molecule has 1 aromatic carbocycles. The minimum absolute atomic E-state index is 0.0855. The molecule has 1 saturated carbocycles. The first-order chi connectivity index (χ1) is 12.4. The lowest BCUT2D eigenvalue weighted by Crippen LogP contribution is -2.37. The van der Waals surface area contributed by atoms with E-state index in [2.05, 4.69) is 10.6 Å². The fourth-order valence-electron chi connectivity index (χ4n) is 3.88. The van der Waals surface area contributed by atoms with E-state index >= 15 is 0 Å². The zero-order valence-electron chi connectivity index (χ0n) is 14.4. The van der Waals surface area contributed by atoms with Crippen LogP contribution in [0.1, 0.15) is 30.1 Å². The van der Waals surface area contributed by atoms with Gasteiger partial charge in [0.1, 0.15) is 0 Å². The van der Waals surface area contributed by atoms with E-state index in [-0.39, 0.29) is 23.7 Å². The van der Waals surface area contributed by atoms with E-state index in [1.54, 1.807) is 12.1 Å². The predicted octanol–water partition coefficient (Wildman–Crippen LogP) is 2.94. The first kappa shape index (κ1) is 18.5. The number of hydrogen-bond acceptors (Lipinski definition) is 3. The lowest BCUT2D eigenvalue weighted by atomic mass is 9.82. The summed E-state index contributed by atoms with van der Waals surface area (Å²) >= 11 is 6.02. The molecule has 138 valence electrons. The van der Waals surface area contributed by atoms with E-state index in [0.29, 0.717) is 29.2 Å². The van der Waals surface area contributed by atoms with Gasteiger partial charge in [0.05, 0.1) is 23.1 Å². The summed E-state index contributed by atoms with van der Waals surface area (Å²) in [5, 5.41) is 15.4. The average Bonchev–Trinajstić information content (AvgIpc) is 3.21. The van der Waals surface area contributed by atoms with Gasteiger partial charge in [0.2, 0.25) is 5.91 Å². The second kappa shape index (κ2) is 7.50. The van der Waals surface area contributed by atoms with Crippen molar-refractivity contribution in [1.82, 2.24) is 5.32 Å². The molecule has 0 saturated heterocycles. The molecule has 2 amide bonds. The molecule has 7 heteroatoms. The van der Waals surface area contributed by atoms with E-state index in [0.717, 1.165) is 6.42 Å². The molecule has 2 bridgehead atoms. The van der Waals surface area contributed by atoms with Crippen molar-refractivity contribution in [2.45, 2.75) is 19.8 Å². The molecule has 0 unspecified atom stereocenters. The molecule has 0 aliphatic heterocycles. The molecule has 26 heavy (non-hydrogen) atoms. The van der Waals surface area contributed by atoms with E-state index < -0.39 is 17.8 Å². The molecule has 2 aliphatic carbocycles. The molecule has 3 rings (SSSR count). The standard InChI is InChI=1S/C19H21ClN2O4/c1-2-7-21-17(23)13-6-5-12(20)9-14(13)22-18(24)15-10-3-4-11(8-10)16(15)19(25)26/h3-6,9-11,15-16H,2,7-8H2,1H3,(H,21,23)(H,22,24)(H,25,26)/t10-,11-,15-,16+/m0/s1. The first-order valence-corrected chi connectivity index (χ1v) is 9.10. The maximum Gasteiger partial charge on any atom is 0.307 e. The largest absolute Gasteiger partial charge is 0.481 e. The van der Waals surface area contributed by atoms with Crippen LogP contribution in [0.25, 0.3) is 0 Å². The van der Waals surface area contributed by atoms with Gasteiger partial charge in [-0.3, -0.25) is 14.4 Å². The number of fused-ring (bicyclic) bond motifs is 2. The van der Waals surface area contributed by atoms with Gasteiger partial charge < -0.3 is 15.7 Å². The second-order valence-corrected chi connectivity index (χ2v) is 7.21. The highest BCUT2D eigenvalue weighted by atomic mass is 35.5. The van der Waals surface area contributed by atoms with Crippen LogP contribution in [0.15, 0.2) is 30.4 Å². The minimum Gasteiger partial charge on any atom is -0.481 e. The normalized spacial score (nSPS) is 25.9. The summed E-state index contributed by atoms with van der Waals surface area (Å²) < 4.78 is 0. The van der Waals surface area contributed by atoms with Crippen molar-refractivity contribution in [2.24, 2.45) is 23.7 Å². The zero-order valence-corrected chi connectivity index (χ0v) is 15.1. The predicted molar refractivity (Wildman–Crippen MR) is 98.1 cm³/mol. The summed E-state index contributed by atoms with van der Waals surface area (Å²) in [4.78, 5) is 36.8. The number of anilines is 1. The SMILES string of the molecule is CCCNC(=O)c1ccc(Cl)cc1NC(=O)[C@@H]1[C@H](C(=O)O)[C@H]2C=C[C@H]1C2. The van der Waals surface area contributed by atoms with Crippen molar-refractivity contribution < 1.29 is 19.5 Å². The van der Waals surface area contributed by atoms with Gasteiger partial charge in [-0.15, -0.1) is 0 Å². The molecule has 6 nitrogen and oxygen atoms in total. The molecule has 0 aromatic heterocycles. The highest BCUT2D eigenvalue weighted by molar-refractivity contribution is 6.31. The van der Waals surface area contributed by atoms with Gasteiger partial charge in [-0.05, 0) is 42.9 Å². The monoisotopic (exact) mass is 376 g/mol. The summed E-state index contributed by atoms with van der Waals surface area (Å²) in [6.45, 7) is 2.46. The Labute approximate surface area is 156 Å². The Hall–Kier alpha value is -2.34. The van der Waals surface area contributed by atoms with Crippen LogP contribution in [-0.2, 0) is 9.59 Å². The number of halogens is 1. The Morgan fingerprint density at radius 1 is 1.19 bits per heavy atom. The number of benzene rings is 1. The smallest absolute Gasteiger partial charge is 0.307 e. The van der Waals surface area contributed by atoms with Crippen LogP contribution in [0.5, 0.6) is 0 Å². The van der Waals surface area contributed by atoms with Gasteiger partial charge in [-0.2, -0.15) is 0 Å². The Morgan fingerprint density at radius 3 is 2.54 bits per heavy atom. The van der Waals surface area contributed by atoms with Crippen LogP contribution in [-0.4, -0.2) is 29.4 Å². The Balaban J connectivity index is 1.83. The molecular formula is C19H21ClN2O4. The van der Waals surface area contributed by atoms with Gasteiger partial charge in [0.25, 0.3) is 5.91 Å². The molecule has 1 fully saturated rings. The van der Waals surface area contributed by atoms with Crippen LogP contribution in [0.3, 0.4) is 0 Å². The fraction of sp³-hybridized carbons (Fsp3) is 0.421. The summed E-state index contributed by atoms with van der Waals surface area (Å²) in [5.41, 5.74) is 0.605. The van der Waals surface area contributed by atoms with Crippen LogP contribution in [0.4, 0.5) is 5.69 Å². The number of carbonyl (C=O) groups excluding carboxylic acids is 2. The number of hydrogen-bond donors (Lipinski definition) is 3. The Morgan fingerprint density at radius 2 is 1.88 bits per heavy atom. The van der Waals surface area contributed by atoms with E-state index in [4.69, 9.17) is 11.6 Å². The van der Waals surface area contributed by atoms with Crippen LogP contribution in [0, 0.1) is 23.7 Å². The van der Waals surface area contributed by atoms with Crippen molar-refractivity contribution in [3.05, 3.63) is 40.9 Å². The fourth-order valence-corrected chi connectivity index (χ4v) is 4.06. The third-order valence-electron chi connectivity index (χ3n) is 5.07. The maximum absolute atomic E-state index is 12.8. The van der Waals surface area contributed by atoms with E-state index in [1.165, 1.54) is 6.07 Å². The number of nitrogens with one attached hydrogen (secondary N) is 2. The van der Waals surface area contributed by atoms with Crippen LogP contribution >= 0.6 is 11.6 Å². The molecule has 0 spiro atoms. The van der Waals surface area contributed by atoms with E-state index in [9.17, 15) is 19.5 Å². The number of aliphatic carboxylic acids is 1. The summed E-state index contributed by atoms with van der Waals surface area (Å²) in [6, 6.07) is 4.65. The molecular weight excluding hydrogens is 356 g/mol. The minimum atomic E-state index is -0.964. The summed E-state index contributed by atoms with van der Waals surface area (Å²) in [6.07, 6.45) is 5.27. The van der Waals surface area contributed by atoms with Gasteiger partial charge in [-0.1, -0.05) is 30.7 Å². The van der Waals surface area contributed by atoms with Gasteiger partial charge in [0.15, 0.2) is 0 Å². The highest BCUT2D eigenvalue weighted by Gasteiger charge is 2.51. The summed E-state index contributed by atoms with van der Waals surface area (Å²) in [7, 11) is 0. The third-order valence-corrected chi connectivity index (χ3v) is 5.30. The molecule has 2 aliphatic rings. The molecule has 0 radical (unpaired) electrons. The van der Waals surface area contributed by atoms with Gasteiger partial charge >= 0.3 is 5.97 Å². The molecule has 4 atom stereocenters. The average molecular weight is 377 g/mol. The number of allylic oxidation sites excluding steroid dienone is 2. The van der Waals surface area contributed by atoms with Crippen molar-refractivity contribution in [3.63, 3.8) is 0 Å². The summed E-state index contributed by atoms with van der Waals surface area (Å²) in [5.74, 6) is -3.23. The number of carboxylic acids is 1. The molecule has 1 aromatic rings. The third kappa shape index (κ3) is 3.46. The van der Waals surface area contributed by atoms with Crippen molar-refractivity contribution in [2.75, 3.05) is 11.9 Å². The highest BCUT2D eigenvalue weighted by Crippen LogP contribution is 2.48. The van der Waals surface area contributed by atoms with Crippen LogP contribution < -0.4 is 10.6 Å². The second-order valence-electron chi connectivity index (χ2n) is 6.77. The maximum atomic E-state index is 12.8. The van der Waals surface area contributed by atoms with Gasteiger partial charge in [0, 0.05) is 11.6 Å². The van der Waals surface area contributed by atoms with E-state index in [1.807, 2.05) is 19.1 Å². The zero-order chi connectivity index (χ0) is 18.8. The Bertz CT molecular complexity index is 777. The van der Waals surface area contributed by atoms with Crippen LogP contribution in [0.2, 0.25) is 5.02 Å².